The van der Waals surface area contributed by atoms with Crippen LogP contribution in [-0.2, 0) is 11.3 Å². The highest BCUT2D eigenvalue weighted by molar-refractivity contribution is 5.82. The SMILES string of the molecule is COc1ccc2[nH]c(=O)c([C@H]3CC(=O)NCc4nc5ccccn5c43)cc2c1. The number of nitrogens with zero attached hydrogens (tertiary/aromatic N) is 2. The van der Waals surface area contributed by atoms with E-state index in [-0.39, 0.29) is 17.9 Å². The number of carbonyl (C=O) groups is 1. The molecule has 2 N–H and O–H groups in total. The van der Waals surface area contributed by atoms with Gasteiger partial charge in [0.15, 0.2) is 0 Å². The number of pyridine rings is 2. The summed E-state index contributed by atoms with van der Waals surface area (Å²) in [6, 6.07) is 13.1. The number of H-pyrrole nitrogens is 1. The molecule has 3 aromatic heterocycles. The second-order valence-electron chi connectivity index (χ2n) is 6.91. The summed E-state index contributed by atoms with van der Waals surface area (Å²) in [5.41, 5.74) is 3.53. The lowest BCUT2D eigenvalue weighted by Gasteiger charge is -2.16. The molecule has 0 aliphatic carbocycles. The number of amides is 1. The van der Waals surface area contributed by atoms with E-state index in [1.54, 1.807) is 13.2 Å². The molecule has 0 unspecified atom stereocenters. The molecule has 0 spiro atoms. The number of fused-ring (bicyclic) bond motifs is 4. The Kier molecular flexibility index (Phi) is 3.68. The molecule has 1 aliphatic rings. The van der Waals surface area contributed by atoms with Crippen LogP contribution in [0.25, 0.3) is 16.6 Å². The van der Waals surface area contributed by atoms with Gasteiger partial charge in [0.25, 0.3) is 5.56 Å². The Labute approximate surface area is 160 Å². The van der Waals surface area contributed by atoms with Gasteiger partial charge in [0, 0.05) is 35.0 Å². The van der Waals surface area contributed by atoms with Crippen molar-refractivity contribution in [2.75, 3.05) is 7.11 Å². The number of ether oxygens (including phenoxy) is 1. The first-order chi connectivity index (χ1) is 13.6. The van der Waals surface area contributed by atoms with Gasteiger partial charge in [-0.25, -0.2) is 4.98 Å². The first kappa shape index (κ1) is 16.6. The molecule has 1 aromatic carbocycles. The zero-order valence-corrected chi connectivity index (χ0v) is 15.2. The van der Waals surface area contributed by atoms with E-state index in [9.17, 15) is 9.59 Å². The van der Waals surface area contributed by atoms with E-state index in [1.165, 1.54) is 0 Å². The van der Waals surface area contributed by atoms with E-state index in [1.807, 2.05) is 47.0 Å². The zero-order chi connectivity index (χ0) is 19.3. The van der Waals surface area contributed by atoms with Crippen LogP contribution >= 0.6 is 0 Å². The molecule has 0 saturated carbocycles. The van der Waals surface area contributed by atoms with E-state index < -0.39 is 5.92 Å². The topological polar surface area (TPSA) is 88.5 Å². The lowest BCUT2D eigenvalue weighted by molar-refractivity contribution is -0.121. The van der Waals surface area contributed by atoms with Crippen molar-refractivity contribution in [1.29, 1.82) is 0 Å². The fourth-order valence-corrected chi connectivity index (χ4v) is 3.94. The van der Waals surface area contributed by atoms with E-state index in [0.29, 0.717) is 17.9 Å². The fourth-order valence-electron chi connectivity index (χ4n) is 3.94. The molecule has 0 bridgehead atoms. The normalized spacial score (nSPS) is 16.6. The summed E-state index contributed by atoms with van der Waals surface area (Å²) in [7, 11) is 1.61. The maximum Gasteiger partial charge on any atom is 0.252 e. The summed E-state index contributed by atoms with van der Waals surface area (Å²) in [6.45, 7) is 0.353. The minimum absolute atomic E-state index is 0.0992. The van der Waals surface area contributed by atoms with Crippen molar-refractivity contribution in [2.45, 2.75) is 18.9 Å². The van der Waals surface area contributed by atoms with Crippen molar-refractivity contribution in [1.82, 2.24) is 19.7 Å². The average molecular weight is 374 g/mol. The molecular formula is C21H18N4O3. The van der Waals surface area contributed by atoms with Crippen LogP contribution in [0.3, 0.4) is 0 Å². The van der Waals surface area contributed by atoms with E-state index in [4.69, 9.17) is 4.74 Å². The van der Waals surface area contributed by atoms with Crippen molar-refractivity contribution in [2.24, 2.45) is 0 Å². The zero-order valence-electron chi connectivity index (χ0n) is 15.2. The summed E-state index contributed by atoms with van der Waals surface area (Å²) >= 11 is 0. The largest absolute Gasteiger partial charge is 0.497 e. The van der Waals surface area contributed by atoms with Crippen LogP contribution in [0.5, 0.6) is 5.75 Å². The molecule has 28 heavy (non-hydrogen) atoms. The fraction of sp³-hybridized carbons (Fsp3) is 0.190. The summed E-state index contributed by atoms with van der Waals surface area (Å²) in [4.78, 5) is 32.9. The van der Waals surface area contributed by atoms with E-state index in [2.05, 4.69) is 15.3 Å². The summed E-state index contributed by atoms with van der Waals surface area (Å²) in [6.07, 6.45) is 2.11. The van der Waals surface area contributed by atoms with Crippen LogP contribution in [0, 0.1) is 0 Å². The van der Waals surface area contributed by atoms with Gasteiger partial charge in [0.05, 0.1) is 25.0 Å². The predicted molar refractivity (Wildman–Crippen MR) is 105 cm³/mol. The molecule has 140 valence electrons. The molecule has 0 saturated heterocycles. The highest BCUT2D eigenvalue weighted by Crippen LogP contribution is 2.33. The number of hydrogen-bond acceptors (Lipinski definition) is 4. The maximum absolute atomic E-state index is 12.9. The van der Waals surface area contributed by atoms with Crippen LogP contribution in [0.15, 0.2) is 53.5 Å². The van der Waals surface area contributed by atoms with Gasteiger partial charge in [-0.05, 0) is 36.4 Å². The predicted octanol–water partition coefficient (Wildman–Crippen LogP) is 2.34. The molecule has 7 heteroatoms. The number of nitrogens with one attached hydrogen (secondary N) is 2. The minimum atomic E-state index is -0.394. The van der Waals surface area contributed by atoms with Crippen molar-refractivity contribution < 1.29 is 9.53 Å². The van der Waals surface area contributed by atoms with E-state index >= 15 is 0 Å². The smallest absolute Gasteiger partial charge is 0.252 e. The second-order valence-corrected chi connectivity index (χ2v) is 6.91. The maximum atomic E-state index is 12.9. The summed E-state index contributed by atoms with van der Waals surface area (Å²) < 4.78 is 7.27. The molecule has 4 heterocycles. The van der Waals surface area contributed by atoms with Crippen molar-refractivity contribution in [3.63, 3.8) is 0 Å². The standard InChI is InChI=1S/C21H18N4O3/c1-28-13-5-6-16-12(8-13)9-15(21(27)24-16)14-10-19(26)22-11-17-20(14)25-7-3-2-4-18(25)23-17/h2-9,14H,10-11H2,1H3,(H,22,26)(H,24,27)/t14-/m1/s1. The minimum Gasteiger partial charge on any atom is -0.497 e. The van der Waals surface area contributed by atoms with E-state index in [0.717, 1.165) is 27.9 Å². The molecule has 4 aromatic rings. The third-order valence-corrected chi connectivity index (χ3v) is 5.27. The van der Waals surface area contributed by atoms with Crippen molar-refractivity contribution in [3.8, 4) is 5.75 Å². The Morgan fingerprint density at radius 1 is 1.18 bits per heavy atom. The van der Waals surface area contributed by atoms with Crippen molar-refractivity contribution in [3.05, 3.63) is 76.0 Å². The molecule has 1 aliphatic heterocycles. The average Bonchev–Trinajstić information content (AvgIpc) is 3.00. The van der Waals surface area contributed by atoms with Crippen LogP contribution in [0.2, 0.25) is 0 Å². The number of carbonyl (C=O) groups excluding carboxylic acids is 1. The molecule has 5 rings (SSSR count). The molecule has 1 amide bonds. The molecule has 0 fully saturated rings. The monoisotopic (exact) mass is 374 g/mol. The highest BCUT2D eigenvalue weighted by Gasteiger charge is 2.30. The first-order valence-corrected chi connectivity index (χ1v) is 9.07. The molecule has 7 nitrogen and oxygen atoms in total. The number of aromatic nitrogens is 3. The Balaban J connectivity index is 1.77. The number of hydrogen-bond donors (Lipinski definition) is 2. The van der Waals surface area contributed by atoms with Gasteiger partial charge in [0.1, 0.15) is 11.4 Å². The number of imidazole rings is 1. The number of rotatable bonds is 2. The number of benzene rings is 1. The Hall–Kier alpha value is -3.61. The van der Waals surface area contributed by atoms with Gasteiger partial charge in [-0.15, -0.1) is 0 Å². The first-order valence-electron chi connectivity index (χ1n) is 9.07. The Bertz CT molecular complexity index is 1290. The van der Waals surface area contributed by atoms with Crippen LogP contribution in [-0.4, -0.2) is 27.4 Å². The van der Waals surface area contributed by atoms with Gasteiger partial charge in [0.2, 0.25) is 5.91 Å². The molecule has 1 atom stereocenters. The Morgan fingerprint density at radius 2 is 2.07 bits per heavy atom. The summed E-state index contributed by atoms with van der Waals surface area (Å²) in [5, 5.41) is 3.74. The summed E-state index contributed by atoms with van der Waals surface area (Å²) in [5.74, 6) is 0.215. The van der Waals surface area contributed by atoms with Crippen LogP contribution in [0.1, 0.15) is 29.3 Å². The van der Waals surface area contributed by atoms with Gasteiger partial charge in [-0.3, -0.25) is 9.59 Å². The van der Waals surface area contributed by atoms with Gasteiger partial charge < -0.3 is 19.4 Å². The van der Waals surface area contributed by atoms with Crippen LogP contribution < -0.4 is 15.6 Å². The van der Waals surface area contributed by atoms with Crippen LogP contribution in [0.4, 0.5) is 0 Å². The van der Waals surface area contributed by atoms with Gasteiger partial charge in [-0.2, -0.15) is 0 Å². The number of aromatic amines is 1. The quantitative estimate of drug-likeness (QED) is 0.564. The molecule has 0 radical (unpaired) electrons. The third-order valence-electron chi connectivity index (χ3n) is 5.27. The van der Waals surface area contributed by atoms with Gasteiger partial charge >= 0.3 is 0 Å². The third kappa shape index (κ3) is 2.55. The number of methoxy groups -OCH3 is 1. The lowest BCUT2D eigenvalue weighted by Crippen LogP contribution is -2.24. The Morgan fingerprint density at radius 3 is 2.93 bits per heavy atom. The van der Waals surface area contributed by atoms with Crippen molar-refractivity contribution >= 4 is 22.5 Å². The second kappa shape index (κ2) is 6.23. The van der Waals surface area contributed by atoms with Gasteiger partial charge in [-0.1, -0.05) is 6.07 Å². The molecular weight excluding hydrogens is 356 g/mol. The highest BCUT2D eigenvalue weighted by atomic mass is 16.5. The lowest BCUT2D eigenvalue weighted by atomic mass is 9.91.